The highest BCUT2D eigenvalue weighted by Crippen LogP contribution is 2.22. The number of likely N-dealkylation sites (N-methyl/N-ethyl adjacent to an activating group) is 1. The summed E-state index contributed by atoms with van der Waals surface area (Å²) in [4.78, 5) is 43.3. The molecule has 0 aliphatic rings. The molecule has 0 bridgehead atoms. The van der Waals surface area contributed by atoms with E-state index in [9.17, 15) is 14.4 Å². The van der Waals surface area contributed by atoms with Gasteiger partial charge in [-0.25, -0.2) is 4.98 Å². The summed E-state index contributed by atoms with van der Waals surface area (Å²) in [7, 11) is 1.59. The van der Waals surface area contributed by atoms with Gasteiger partial charge in [0.25, 0.3) is 5.91 Å². The zero-order chi connectivity index (χ0) is 22.5. The summed E-state index contributed by atoms with van der Waals surface area (Å²) in [5.74, 6) is -0.709. The number of aromatic nitrogens is 1. The van der Waals surface area contributed by atoms with Crippen molar-refractivity contribution in [3.05, 3.63) is 62.3 Å². The molecule has 0 aliphatic heterocycles. The number of carbonyl (C=O) groups is 3. The standard InChI is InChI=1S/C22H24N4O3S2/c1-13-8-14(2)20(15(3)9-13)24-18(27)11-26(4)19(28)10-16-12-31-22(23-16)25-21(29)17-6-5-7-30-17/h5-9,12H,10-11H2,1-4H3,(H,24,27)(H,23,25,29). The highest BCUT2D eigenvalue weighted by molar-refractivity contribution is 7.14. The van der Waals surface area contributed by atoms with Gasteiger partial charge < -0.3 is 10.2 Å². The zero-order valence-corrected chi connectivity index (χ0v) is 19.4. The minimum atomic E-state index is -0.256. The Morgan fingerprint density at radius 2 is 1.77 bits per heavy atom. The molecule has 2 N–H and O–H groups in total. The van der Waals surface area contributed by atoms with E-state index in [1.165, 1.54) is 27.6 Å². The zero-order valence-electron chi connectivity index (χ0n) is 17.8. The van der Waals surface area contributed by atoms with Crippen molar-refractivity contribution in [3.8, 4) is 0 Å². The van der Waals surface area contributed by atoms with Crippen molar-refractivity contribution >= 4 is 51.2 Å². The summed E-state index contributed by atoms with van der Waals surface area (Å²) in [5.41, 5.74) is 4.43. The van der Waals surface area contributed by atoms with Crippen molar-refractivity contribution in [3.63, 3.8) is 0 Å². The van der Waals surface area contributed by atoms with Gasteiger partial charge in [0, 0.05) is 18.1 Å². The highest BCUT2D eigenvalue weighted by Gasteiger charge is 2.17. The van der Waals surface area contributed by atoms with Gasteiger partial charge in [0.15, 0.2) is 5.13 Å². The molecule has 0 spiro atoms. The van der Waals surface area contributed by atoms with Crippen LogP contribution in [0.3, 0.4) is 0 Å². The molecule has 0 radical (unpaired) electrons. The average molecular weight is 457 g/mol. The Bertz CT molecular complexity index is 1080. The number of thiophene rings is 1. The Balaban J connectivity index is 1.53. The Morgan fingerprint density at radius 1 is 1.06 bits per heavy atom. The summed E-state index contributed by atoms with van der Waals surface area (Å²) in [6.45, 7) is 5.84. The number of aryl methyl sites for hydroxylation is 3. The topological polar surface area (TPSA) is 91.4 Å². The van der Waals surface area contributed by atoms with Crippen LogP contribution in [0.2, 0.25) is 0 Å². The van der Waals surface area contributed by atoms with Crippen LogP contribution in [0.15, 0.2) is 35.0 Å². The molecule has 0 fully saturated rings. The maximum Gasteiger partial charge on any atom is 0.267 e. The van der Waals surface area contributed by atoms with E-state index in [-0.39, 0.29) is 30.7 Å². The van der Waals surface area contributed by atoms with E-state index in [0.29, 0.717) is 15.7 Å². The van der Waals surface area contributed by atoms with Crippen molar-refractivity contribution in [1.82, 2.24) is 9.88 Å². The van der Waals surface area contributed by atoms with Gasteiger partial charge in [0.05, 0.1) is 23.5 Å². The SMILES string of the molecule is Cc1cc(C)c(NC(=O)CN(C)C(=O)Cc2csc(NC(=O)c3cccs3)n2)c(C)c1. The van der Waals surface area contributed by atoms with Gasteiger partial charge in [-0.1, -0.05) is 23.8 Å². The van der Waals surface area contributed by atoms with Gasteiger partial charge in [0.2, 0.25) is 11.8 Å². The molecule has 0 aliphatic carbocycles. The molecule has 7 nitrogen and oxygen atoms in total. The van der Waals surface area contributed by atoms with Crippen LogP contribution in [-0.2, 0) is 16.0 Å². The fraction of sp³-hybridized carbons (Fsp3) is 0.273. The summed E-state index contributed by atoms with van der Waals surface area (Å²) in [5, 5.41) is 9.63. The van der Waals surface area contributed by atoms with Gasteiger partial charge in [-0.15, -0.1) is 22.7 Å². The van der Waals surface area contributed by atoms with Crippen molar-refractivity contribution < 1.29 is 14.4 Å². The van der Waals surface area contributed by atoms with Gasteiger partial charge in [0.1, 0.15) is 0 Å². The molecular weight excluding hydrogens is 432 g/mol. The minimum Gasteiger partial charge on any atom is -0.336 e. The van der Waals surface area contributed by atoms with E-state index < -0.39 is 0 Å². The van der Waals surface area contributed by atoms with E-state index in [4.69, 9.17) is 0 Å². The summed E-state index contributed by atoms with van der Waals surface area (Å²) >= 11 is 2.61. The monoisotopic (exact) mass is 456 g/mol. The number of benzene rings is 1. The Hall–Kier alpha value is -3.04. The molecule has 1 aromatic carbocycles. The highest BCUT2D eigenvalue weighted by atomic mass is 32.1. The van der Waals surface area contributed by atoms with Crippen LogP contribution in [0.25, 0.3) is 0 Å². The number of nitrogens with zero attached hydrogens (tertiary/aromatic N) is 2. The molecule has 0 saturated carbocycles. The van der Waals surface area contributed by atoms with Crippen LogP contribution >= 0.6 is 22.7 Å². The first-order valence-electron chi connectivity index (χ1n) is 9.64. The quantitative estimate of drug-likeness (QED) is 0.562. The largest absolute Gasteiger partial charge is 0.336 e. The maximum absolute atomic E-state index is 12.5. The van der Waals surface area contributed by atoms with Crippen LogP contribution in [0.5, 0.6) is 0 Å². The van der Waals surface area contributed by atoms with Crippen molar-refractivity contribution in [1.29, 1.82) is 0 Å². The fourth-order valence-electron chi connectivity index (χ4n) is 3.16. The fourth-order valence-corrected chi connectivity index (χ4v) is 4.49. The first kappa shape index (κ1) is 22.6. The molecule has 3 rings (SSSR count). The summed E-state index contributed by atoms with van der Waals surface area (Å²) in [6.07, 6.45) is 0.0533. The predicted molar refractivity (Wildman–Crippen MR) is 125 cm³/mol. The second-order valence-corrected chi connectivity index (χ2v) is 9.13. The number of hydrogen-bond acceptors (Lipinski definition) is 6. The van der Waals surface area contributed by atoms with E-state index in [1.807, 2.05) is 38.3 Å². The van der Waals surface area contributed by atoms with Crippen molar-refractivity contribution in [2.75, 3.05) is 24.2 Å². The van der Waals surface area contributed by atoms with E-state index in [0.717, 1.165) is 22.4 Å². The second-order valence-electron chi connectivity index (χ2n) is 7.32. The minimum absolute atomic E-state index is 0.0533. The first-order chi connectivity index (χ1) is 14.7. The molecule has 3 aromatic rings. The third kappa shape index (κ3) is 5.99. The van der Waals surface area contributed by atoms with Gasteiger partial charge in [-0.2, -0.15) is 0 Å². The first-order valence-corrected chi connectivity index (χ1v) is 11.4. The maximum atomic E-state index is 12.5. The average Bonchev–Trinajstić information content (AvgIpc) is 3.37. The number of nitrogens with one attached hydrogen (secondary N) is 2. The Morgan fingerprint density at radius 3 is 2.42 bits per heavy atom. The lowest BCUT2D eigenvalue weighted by Crippen LogP contribution is -2.36. The van der Waals surface area contributed by atoms with E-state index >= 15 is 0 Å². The molecule has 0 atom stereocenters. The third-order valence-corrected chi connectivity index (χ3v) is 6.27. The van der Waals surface area contributed by atoms with E-state index in [1.54, 1.807) is 24.6 Å². The molecule has 2 aromatic heterocycles. The van der Waals surface area contributed by atoms with Gasteiger partial charge >= 0.3 is 0 Å². The lowest BCUT2D eigenvalue weighted by Gasteiger charge is -2.18. The number of thiazole rings is 1. The smallest absolute Gasteiger partial charge is 0.267 e. The number of amides is 3. The normalized spacial score (nSPS) is 10.6. The van der Waals surface area contributed by atoms with Crippen LogP contribution in [0.4, 0.5) is 10.8 Å². The third-order valence-electron chi connectivity index (χ3n) is 4.60. The molecule has 0 saturated heterocycles. The van der Waals surface area contributed by atoms with Crippen molar-refractivity contribution in [2.24, 2.45) is 0 Å². The Kier molecular flexibility index (Phi) is 7.19. The lowest BCUT2D eigenvalue weighted by molar-refractivity contribution is -0.132. The summed E-state index contributed by atoms with van der Waals surface area (Å²) < 4.78 is 0. The summed E-state index contributed by atoms with van der Waals surface area (Å²) in [6, 6.07) is 7.56. The lowest BCUT2D eigenvalue weighted by atomic mass is 10.1. The van der Waals surface area contributed by atoms with Crippen molar-refractivity contribution in [2.45, 2.75) is 27.2 Å². The predicted octanol–water partition coefficient (Wildman–Crippen LogP) is 4.02. The number of anilines is 2. The number of carbonyl (C=O) groups excluding carboxylic acids is 3. The van der Waals surface area contributed by atoms with Crippen LogP contribution in [-0.4, -0.2) is 41.2 Å². The molecule has 2 heterocycles. The van der Waals surface area contributed by atoms with Crippen LogP contribution in [0.1, 0.15) is 32.1 Å². The molecule has 3 amide bonds. The van der Waals surface area contributed by atoms with Gasteiger partial charge in [-0.3, -0.25) is 19.7 Å². The van der Waals surface area contributed by atoms with Gasteiger partial charge in [-0.05, 0) is 43.3 Å². The Labute approximate surface area is 189 Å². The second kappa shape index (κ2) is 9.84. The molecule has 0 unspecified atom stereocenters. The molecule has 31 heavy (non-hydrogen) atoms. The number of hydrogen-bond donors (Lipinski definition) is 2. The van der Waals surface area contributed by atoms with Crippen LogP contribution < -0.4 is 10.6 Å². The van der Waals surface area contributed by atoms with Crippen LogP contribution in [0, 0.1) is 20.8 Å². The van der Waals surface area contributed by atoms with E-state index in [2.05, 4.69) is 15.6 Å². The molecule has 9 heteroatoms. The molecular formula is C22H24N4O3S2. The number of rotatable bonds is 7. The molecule has 162 valence electrons.